The zero-order chi connectivity index (χ0) is 15.1. The molecule has 1 fully saturated rings. The van der Waals surface area contributed by atoms with Gasteiger partial charge < -0.3 is 19.7 Å². The molecule has 0 aromatic heterocycles. The first-order valence-electron chi connectivity index (χ1n) is 7.52. The number of rotatable bonds is 5. The van der Waals surface area contributed by atoms with Crippen molar-refractivity contribution in [2.45, 2.75) is 26.3 Å². The minimum absolute atomic E-state index is 0.603. The van der Waals surface area contributed by atoms with Crippen molar-refractivity contribution in [1.29, 1.82) is 0 Å². The van der Waals surface area contributed by atoms with Crippen LogP contribution in [0.4, 0.5) is 0 Å². The van der Waals surface area contributed by atoms with Crippen LogP contribution in [0.25, 0.3) is 0 Å². The van der Waals surface area contributed by atoms with Crippen LogP contribution in [0.15, 0.2) is 23.2 Å². The van der Waals surface area contributed by atoms with Crippen molar-refractivity contribution in [2.75, 3.05) is 33.9 Å². The first-order valence-corrected chi connectivity index (χ1v) is 7.52. The van der Waals surface area contributed by atoms with Crippen LogP contribution in [-0.2, 0) is 6.54 Å². The van der Waals surface area contributed by atoms with Crippen LogP contribution in [0.2, 0.25) is 0 Å². The van der Waals surface area contributed by atoms with Gasteiger partial charge in [-0.3, -0.25) is 0 Å². The van der Waals surface area contributed by atoms with Gasteiger partial charge in [-0.2, -0.15) is 0 Å². The van der Waals surface area contributed by atoms with E-state index in [1.807, 2.05) is 18.2 Å². The molecule has 5 nitrogen and oxygen atoms in total. The highest BCUT2D eigenvalue weighted by molar-refractivity contribution is 5.80. The molecule has 0 radical (unpaired) electrons. The van der Waals surface area contributed by atoms with Gasteiger partial charge in [-0.05, 0) is 31.9 Å². The largest absolute Gasteiger partial charge is 0.497 e. The summed E-state index contributed by atoms with van der Waals surface area (Å²) in [5.41, 5.74) is 1.06. The van der Waals surface area contributed by atoms with E-state index < -0.39 is 0 Å². The third-order valence-electron chi connectivity index (χ3n) is 3.63. The number of hydrogen-bond acceptors (Lipinski definition) is 3. The first-order chi connectivity index (χ1) is 10.3. The van der Waals surface area contributed by atoms with Gasteiger partial charge in [-0.15, -0.1) is 0 Å². The van der Waals surface area contributed by atoms with Crippen LogP contribution >= 0.6 is 0 Å². The molecule has 0 bridgehead atoms. The smallest absolute Gasteiger partial charge is 0.194 e. The minimum Gasteiger partial charge on any atom is -0.497 e. The molecule has 21 heavy (non-hydrogen) atoms. The third kappa shape index (κ3) is 4.03. The molecule has 1 heterocycles. The van der Waals surface area contributed by atoms with Gasteiger partial charge >= 0.3 is 0 Å². The van der Waals surface area contributed by atoms with Crippen molar-refractivity contribution >= 4 is 5.96 Å². The Hall–Kier alpha value is -1.91. The number of benzene rings is 1. The highest BCUT2D eigenvalue weighted by Gasteiger charge is 2.15. The van der Waals surface area contributed by atoms with Crippen molar-refractivity contribution in [2.24, 2.45) is 4.99 Å². The lowest BCUT2D eigenvalue weighted by Gasteiger charge is -2.21. The Labute approximate surface area is 127 Å². The van der Waals surface area contributed by atoms with Crippen LogP contribution in [0.1, 0.15) is 25.3 Å². The molecule has 1 saturated heterocycles. The van der Waals surface area contributed by atoms with Gasteiger partial charge in [0, 0.05) is 31.3 Å². The van der Waals surface area contributed by atoms with Crippen LogP contribution in [-0.4, -0.2) is 44.7 Å². The Bertz CT molecular complexity index is 482. The Balaban J connectivity index is 2.12. The summed E-state index contributed by atoms with van der Waals surface area (Å²) in [6.45, 7) is 5.76. The lowest BCUT2D eigenvalue weighted by molar-refractivity contribution is 0.391. The standard InChI is InChI=1S/C16H25N3O2/c1-4-17-16(19-9-5-6-10-19)18-12-13-7-8-14(20-2)11-15(13)21-3/h7-8,11H,4-6,9-10,12H2,1-3H3,(H,17,18). The number of nitrogens with one attached hydrogen (secondary N) is 1. The van der Waals surface area contributed by atoms with Crippen molar-refractivity contribution < 1.29 is 9.47 Å². The zero-order valence-electron chi connectivity index (χ0n) is 13.2. The lowest BCUT2D eigenvalue weighted by atomic mass is 10.2. The van der Waals surface area contributed by atoms with Gasteiger partial charge in [0.25, 0.3) is 0 Å². The summed E-state index contributed by atoms with van der Waals surface area (Å²) < 4.78 is 10.6. The average molecular weight is 291 g/mol. The predicted octanol–water partition coefficient (Wildman–Crippen LogP) is 2.27. The van der Waals surface area contributed by atoms with Gasteiger partial charge in [0.1, 0.15) is 11.5 Å². The zero-order valence-corrected chi connectivity index (χ0v) is 13.2. The fourth-order valence-corrected chi connectivity index (χ4v) is 2.50. The molecule has 1 N–H and O–H groups in total. The molecule has 1 aliphatic rings. The summed E-state index contributed by atoms with van der Waals surface area (Å²) in [5.74, 6) is 2.61. The molecule has 0 unspecified atom stereocenters. The van der Waals surface area contributed by atoms with Crippen LogP contribution in [0.3, 0.4) is 0 Å². The molecule has 1 aromatic rings. The predicted molar refractivity (Wildman–Crippen MR) is 85.2 cm³/mol. The van der Waals surface area contributed by atoms with Gasteiger partial charge in [-0.25, -0.2) is 4.99 Å². The summed E-state index contributed by atoms with van der Waals surface area (Å²) in [6.07, 6.45) is 2.49. The minimum atomic E-state index is 0.603. The number of hydrogen-bond donors (Lipinski definition) is 1. The highest BCUT2D eigenvalue weighted by Crippen LogP contribution is 2.25. The maximum atomic E-state index is 5.42. The summed E-state index contributed by atoms with van der Waals surface area (Å²) in [6, 6.07) is 5.85. The molecule has 5 heteroatoms. The normalized spacial score (nSPS) is 15.2. The van der Waals surface area contributed by atoms with Crippen molar-refractivity contribution in [3.8, 4) is 11.5 Å². The van der Waals surface area contributed by atoms with E-state index in [0.29, 0.717) is 6.54 Å². The van der Waals surface area contributed by atoms with Crippen molar-refractivity contribution in [3.05, 3.63) is 23.8 Å². The second-order valence-electron chi connectivity index (χ2n) is 5.04. The van der Waals surface area contributed by atoms with Gasteiger partial charge in [0.05, 0.1) is 20.8 Å². The maximum absolute atomic E-state index is 5.42. The lowest BCUT2D eigenvalue weighted by Crippen LogP contribution is -2.39. The fraction of sp³-hybridized carbons (Fsp3) is 0.562. The van der Waals surface area contributed by atoms with E-state index in [1.165, 1.54) is 12.8 Å². The SMILES string of the molecule is CCNC(=NCc1ccc(OC)cc1OC)N1CCCC1. The summed E-state index contributed by atoms with van der Waals surface area (Å²) in [4.78, 5) is 7.06. The molecule has 116 valence electrons. The Kier molecular flexibility index (Phi) is 5.72. The van der Waals surface area contributed by atoms with E-state index in [1.54, 1.807) is 14.2 Å². The fourth-order valence-electron chi connectivity index (χ4n) is 2.50. The third-order valence-corrected chi connectivity index (χ3v) is 3.63. The quantitative estimate of drug-likeness (QED) is 0.668. The van der Waals surface area contributed by atoms with E-state index in [4.69, 9.17) is 14.5 Å². The number of aliphatic imine (C=N–C) groups is 1. The van der Waals surface area contributed by atoms with Crippen LogP contribution < -0.4 is 14.8 Å². The molecular weight excluding hydrogens is 266 g/mol. The molecular formula is C16H25N3O2. The number of likely N-dealkylation sites (tertiary alicyclic amines) is 1. The molecule has 0 spiro atoms. The summed E-state index contributed by atoms with van der Waals surface area (Å²) in [5, 5.41) is 3.37. The topological polar surface area (TPSA) is 46.1 Å². The number of ether oxygens (including phenoxy) is 2. The molecule has 0 amide bonds. The van der Waals surface area contributed by atoms with Crippen molar-refractivity contribution in [1.82, 2.24) is 10.2 Å². The molecule has 0 saturated carbocycles. The Morgan fingerprint density at radius 1 is 1.24 bits per heavy atom. The van der Waals surface area contributed by atoms with Gasteiger partial charge in [0.2, 0.25) is 0 Å². The van der Waals surface area contributed by atoms with Gasteiger partial charge in [0.15, 0.2) is 5.96 Å². The van der Waals surface area contributed by atoms with E-state index in [0.717, 1.165) is 42.7 Å². The number of nitrogens with zero attached hydrogens (tertiary/aromatic N) is 2. The number of methoxy groups -OCH3 is 2. The summed E-state index contributed by atoms with van der Waals surface area (Å²) in [7, 11) is 3.33. The molecule has 0 atom stereocenters. The maximum Gasteiger partial charge on any atom is 0.194 e. The van der Waals surface area contributed by atoms with Crippen molar-refractivity contribution in [3.63, 3.8) is 0 Å². The molecule has 1 aliphatic heterocycles. The molecule has 0 aliphatic carbocycles. The molecule has 1 aromatic carbocycles. The molecule has 2 rings (SSSR count). The Morgan fingerprint density at radius 3 is 2.62 bits per heavy atom. The van der Waals surface area contributed by atoms with E-state index >= 15 is 0 Å². The van der Waals surface area contributed by atoms with E-state index in [-0.39, 0.29) is 0 Å². The second-order valence-corrected chi connectivity index (χ2v) is 5.04. The Morgan fingerprint density at radius 2 is 2.00 bits per heavy atom. The first kappa shape index (κ1) is 15.5. The monoisotopic (exact) mass is 291 g/mol. The second kappa shape index (κ2) is 7.76. The summed E-state index contributed by atoms with van der Waals surface area (Å²) >= 11 is 0. The number of guanidine groups is 1. The van der Waals surface area contributed by atoms with E-state index in [9.17, 15) is 0 Å². The van der Waals surface area contributed by atoms with Crippen LogP contribution in [0, 0.1) is 0 Å². The van der Waals surface area contributed by atoms with Gasteiger partial charge in [-0.1, -0.05) is 0 Å². The average Bonchev–Trinajstić information content (AvgIpc) is 3.05. The van der Waals surface area contributed by atoms with Crippen LogP contribution in [0.5, 0.6) is 11.5 Å². The highest BCUT2D eigenvalue weighted by atomic mass is 16.5. The van der Waals surface area contributed by atoms with E-state index in [2.05, 4.69) is 17.1 Å².